The summed E-state index contributed by atoms with van der Waals surface area (Å²) in [6, 6.07) is 17.5. The minimum absolute atomic E-state index is 0.109. The molecule has 1 atom stereocenters. The lowest BCUT2D eigenvalue weighted by atomic mass is 10.2. The Morgan fingerprint density at radius 3 is 2.52 bits per heavy atom. The normalized spacial score (nSPS) is 12.1. The minimum Gasteiger partial charge on any atom is -0.383 e. The average molecular weight is 375 g/mol. The van der Waals surface area contributed by atoms with Gasteiger partial charge in [0.25, 0.3) is 5.91 Å². The topological polar surface area (TPSA) is 41.9 Å². The van der Waals surface area contributed by atoms with Gasteiger partial charge < -0.3 is 9.74 Å². The van der Waals surface area contributed by atoms with E-state index >= 15 is 0 Å². The molecule has 1 amide bonds. The molecule has 0 aliphatic rings. The Labute approximate surface area is 144 Å². The van der Waals surface area contributed by atoms with E-state index in [2.05, 4.69) is 21.1 Å². The average Bonchev–Trinajstić information content (AvgIpc) is 2.56. The SMILES string of the molecule is C[C@@H](O/N=C\c1ccc(Br)cc1)C(=O)N(C)Cc1ccccc1. The fourth-order valence-corrected chi connectivity index (χ4v) is 2.29. The molecule has 0 N–H and O–H groups in total. The van der Waals surface area contributed by atoms with Crippen molar-refractivity contribution in [3.05, 3.63) is 70.2 Å². The molecule has 0 bridgehead atoms. The molecule has 0 heterocycles. The molecule has 120 valence electrons. The molecular formula is C18H19BrN2O2. The first-order valence-electron chi connectivity index (χ1n) is 7.30. The first-order valence-corrected chi connectivity index (χ1v) is 8.09. The number of hydrogen-bond acceptors (Lipinski definition) is 3. The van der Waals surface area contributed by atoms with Crippen molar-refractivity contribution >= 4 is 28.1 Å². The van der Waals surface area contributed by atoms with Gasteiger partial charge in [-0.05, 0) is 30.2 Å². The van der Waals surface area contributed by atoms with Gasteiger partial charge in [-0.1, -0.05) is 63.6 Å². The van der Waals surface area contributed by atoms with Crippen LogP contribution in [0.2, 0.25) is 0 Å². The maximum atomic E-state index is 12.3. The van der Waals surface area contributed by atoms with Gasteiger partial charge in [-0.3, -0.25) is 4.79 Å². The molecular weight excluding hydrogens is 356 g/mol. The van der Waals surface area contributed by atoms with Gasteiger partial charge in [-0.2, -0.15) is 0 Å². The first kappa shape index (κ1) is 17.2. The molecule has 0 saturated carbocycles. The van der Waals surface area contributed by atoms with Crippen LogP contribution in [-0.2, 0) is 16.2 Å². The Hall–Kier alpha value is -2.14. The summed E-state index contributed by atoms with van der Waals surface area (Å²) in [7, 11) is 1.76. The summed E-state index contributed by atoms with van der Waals surface area (Å²) in [4.78, 5) is 19.2. The van der Waals surface area contributed by atoms with Gasteiger partial charge in [0.2, 0.25) is 6.10 Å². The second-order valence-corrected chi connectivity index (χ2v) is 6.13. The van der Waals surface area contributed by atoms with Crippen molar-refractivity contribution in [3.63, 3.8) is 0 Å². The second kappa shape index (κ2) is 8.48. The van der Waals surface area contributed by atoms with Gasteiger partial charge in [-0.15, -0.1) is 0 Å². The maximum absolute atomic E-state index is 12.3. The highest BCUT2D eigenvalue weighted by Gasteiger charge is 2.18. The van der Waals surface area contributed by atoms with Gasteiger partial charge in [0.05, 0.1) is 6.21 Å². The molecule has 0 unspecified atom stereocenters. The third-order valence-corrected chi connectivity index (χ3v) is 3.81. The number of hydrogen-bond donors (Lipinski definition) is 0. The maximum Gasteiger partial charge on any atom is 0.266 e. The zero-order valence-electron chi connectivity index (χ0n) is 13.1. The lowest BCUT2D eigenvalue weighted by molar-refractivity contribution is -0.141. The van der Waals surface area contributed by atoms with Crippen LogP contribution >= 0.6 is 15.9 Å². The second-order valence-electron chi connectivity index (χ2n) is 5.21. The van der Waals surface area contributed by atoms with Crippen molar-refractivity contribution in [2.75, 3.05) is 7.05 Å². The number of nitrogens with zero attached hydrogens (tertiary/aromatic N) is 2. The summed E-state index contributed by atoms with van der Waals surface area (Å²) < 4.78 is 1.00. The van der Waals surface area contributed by atoms with Crippen LogP contribution in [0.25, 0.3) is 0 Å². The van der Waals surface area contributed by atoms with Crippen LogP contribution in [0.1, 0.15) is 18.1 Å². The molecule has 0 aliphatic carbocycles. The van der Waals surface area contributed by atoms with Crippen LogP contribution in [0.4, 0.5) is 0 Å². The highest BCUT2D eigenvalue weighted by molar-refractivity contribution is 9.10. The number of oxime groups is 1. The molecule has 0 spiro atoms. The van der Waals surface area contributed by atoms with E-state index in [1.54, 1.807) is 25.1 Å². The number of carbonyl (C=O) groups is 1. The fraction of sp³-hybridized carbons (Fsp3) is 0.222. The summed E-state index contributed by atoms with van der Waals surface area (Å²) in [5.74, 6) is -0.109. The van der Waals surface area contributed by atoms with Crippen LogP contribution in [0, 0.1) is 0 Å². The number of benzene rings is 2. The Bertz CT molecular complexity index is 656. The predicted octanol–water partition coefficient (Wildman–Crippen LogP) is 3.85. The summed E-state index contributed by atoms with van der Waals surface area (Å²) in [6.07, 6.45) is 0.961. The van der Waals surface area contributed by atoms with E-state index in [9.17, 15) is 4.79 Å². The third kappa shape index (κ3) is 5.53. The van der Waals surface area contributed by atoms with Crippen LogP contribution in [0.5, 0.6) is 0 Å². The van der Waals surface area contributed by atoms with Crippen LogP contribution < -0.4 is 0 Å². The van der Waals surface area contributed by atoms with Crippen LogP contribution in [0.15, 0.2) is 64.2 Å². The summed E-state index contributed by atoms with van der Waals surface area (Å²) in [6.45, 7) is 2.24. The van der Waals surface area contributed by atoms with E-state index in [4.69, 9.17) is 4.84 Å². The van der Waals surface area contributed by atoms with Crippen molar-refractivity contribution in [1.82, 2.24) is 4.90 Å². The third-order valence-electron chi connectivity index (χ3n) is 3.28. The quantitative estimate of drug-likeness (QED) is 0.569. The van der Waals surface area contributed by atoms with Gasteiger partial charge in [0.15, 0.2) is 0 Å². The van der Waals surface area contributed by atoms with E-state index in [0.29, 0.717) is 6.54 Å². The zero-order valence-corrected chi connectivity index (χ0v) is 14.7. The largest absolute Gasteiger partial charge is 0.383 e. The van der Waals surface area contributed by atoms with Gasteiger partial charge in [-0.25, -0.2) is 0 Å². The number of amides is 1. The van der Waals surface area contributed by atoms with Gasteiger partial charge in [0, 0.05) is 18.1 Å². The first-order chi connectivity index (χ1) is 11.1. The van der Waals surface area contributed by atoms with Crippen LogP contribution in [-0.4, -0.2) is 30.2 Å². The van der Waals surface area contributed by atoms with Crippen molar-refractivity contribution in [3.8, 4) is 0 Å². The molecule has 0 radical (unpaired) electrons. The monoisotopic (exact) mass is 374 g/mol. The van der Waals surface area contributed by atoms with E-state index in [1.165, 1.54) is 0 Å². The van der Waals surface area contributed by atoms with E-state index in [-0.39, 0.29) is 5.91 Å². The Balaban J connectivity index is 1.85. The van der Waals surface area contributed by atoms with E-state index in [0.717, 1.165) is 15.6 Å². The van der Waals surface area contributed by atoms with Crippen molar-refractivity contribution in [2.45, 2.75) is 19.6 Å². The minimum atomic E-state index is -0.629. The van der Waals surface area contributed by atoms with Crippen LogP contribution in [0.3, 0.4) is 0 Å². The van der Waals surface area contributed by atoms with E-state index in [1.807, 2.05) is 54.6 Å². The van der Waals surface area contributed by atoms with Gasteiger partial charge in [0.1, 0.15) is 0 Å². The lowest BCUT2D eigenvalue weighted by Gasteiger charge is -2.20. The Kier molecular flexibility index (Phi) is 6.35. The smallest absolute Gasteiger partial charge is 0.266 e. The highest BCUT2D eigenvalue weighted by atomic mass is 79.9. The molecule has 0 aliphatic heterocycles. The summed E-state index contributed by atoms with van der Waals surface area (Å²) in [5.41, 5.74) is 1.99. The van der Waals surface area contributed by atoms with Crippen molar-refractivity contribution in [1.29, 1.82) is 0 Å². The molecule has 0 aromatic heterocycles. The van der Waals surface area contributed by atoms with Gasteiger partial charge >= 0.3 is 0 Å². The Morgan fingerprint density at radius 2 is 1.87 bits per heavy atom. The number of likely N-dealkylation sites (N-methyl/N-ethyl adjacent to an activating group) is 1. The standard InChI is InChI=1S/C18H19BrN2O2/c1-14(23-20-12-15-8-10-17(19)11-9-15)18(22)21(2)13-16-6-4-3-5-7-16/h3-12,14H,13H2,1-2H3/b20-12-/t14-/m1/s1. The molecule has 2 aromatic carbocycles. The molecule has 5 heteroatoms. The zero-order chi connectivity index (χ0) is 16.7. The molecule has 4 nitrogen and oxygen atoms in total. The van der Waals surface area contributed by atoms with Crippen molar-refractivity contribution in [2.24, 2.45) is 5.16 Å². The fourth-order valence-electron chi connectivity index (χ4n) is 2.02. The lowest BCUT2D eigenvalue weighted by Crippen LogP contribution is -2.35. The molecule has 23 heavy (non-hydrogen) atoms. The van der Waals surface area contributed by atoms with E-state index < -0.39 is 6.10 Å². The molecule has 0 saturated heterocycles. The highest BCUT2D eigenvalue weighted by Crippen LogP contribution is 2.09. The number of carbonyl (C=O) groups excluding carboxylic acids is 1. The van der Waals surface area contributed by atoms with Crippen molar-refractivity contribution < 1.29 is 9.63 Å². The predicted molar refractivity (Wildman–Crippen MR) is 95.2 cm³/mol. The number of halogens is 1. The number of rotatable bonds is 6. The summed E-state index contributed by atoms with van der Waals surface area (Å²) in [5, 5.41) is 3.89. The molecule has 2 aromatic rings. The summed E-state index contributed by atoms with van der Waals surface area (Å²) >= 11 is 3.37. The Morgan fingerprint density at radius 1 is 1.22 bits per heavy atom. The molecule has 2 rings (SSSR count). The molecule has 0 fully saturated rings.